The Morgan fingerprint density at radius 3 is 2.76 bits per heavy atom. The van der Waals surface area contributed by atoms with E-state index in [0.717, 1.165) is 19.3 Å². The fourth-order valence-electron chi connectivity index (χ4n) is 3.02. The second kappa shape index (κ2) is 4.80. The third kappa shape index (κ3) is 2.39. The van der Waals surface area contributed by atoms with Crippen molar-refractivity contribution < 1.29 is 17.9 Å². The predicted molar refractivity (Wildman–Crippen MR) is 64.2 cm³/mol. The molecule has 1 aliphatic heterocycles. The van der Waals surface area contributed by atoms with Crippen LogP contribution in [0.15, 0.2) is 12.7 Å². The zero-order valence-corrected chi connectivity index (χ0v) is 10.6. The molecule has 2 rings (SSSR count). The number of fused-ring (bicyclic) bond motifs is 1. The van der Waals surface area contributed by atoms with Gasteiger partial charge in [-0.25, -0.2) is 8.42 Å². The molecule has 0 bridgehead atoms. The molecule has 2 aliphatic rings. The van der Waals surface area contributed by atoms with Gasteiger partial charge in [-0.2, -0.15) is 0 Å². The van der Waals surface area contributed by atoms with E-state index in [-0.39, 0.29) is 29.5 Å². The van der Waals surface area contributed by atoms with Crippen LogP contribution in [0, 0.1) is 11.8 Å². The van der Waals surface area contributed by atoms with E-state index in [1.807, 2.05) is 0 Å². The summed E-state index contributed by atoms with van der Waals surface area (Å²) in [5.41, 5.74) is 0. The Balaban J connectivity index is 2.13. The maximum absolute atomic E-state index is 12.0. The fraction of sp³-hybridized carbons (Fsp3) is 0.750. The molecule has 0 N–H and O–H groups in total. The molecule has 96 valence electrons. The first-order valence-corrected chi connectivity index (χ1v) is 7.77. The van der Waals surface area contributed by atoms with E-state index in [0.29, 0.717) is 6.42 Å². The van der Waals surface area contributed by atoms with E-state index in [1.54, 1.807) is 0 Å². The molecule has 0 aromatic rings. The van der Waals surface area contributed by atoms with Crippen LogP contribution >= 0.6 is 0 Å². The molecule has 1 heterocycles. The second-order valence-electron chi connectivity index (χ2n) is 4.84. The van der Waals surface area contributed by atoms with Gasteiger partial charge in [-0.1, -0.05) is 25.5 Å². The summed E-state index contributed by atoms with van der Waals surface area (Å²) in [7, 11) is -3.09. The first kappa shape index (κ1) is 12.6. The van der Waals surface area contributed by atoms with Crippen molar-refractivity contribution in [2.45, 2.75) is 30.9 Å². The minimum atomic E-state index is -3.09. The molecule has 3 atom stereocenters. The van der Waals surface area contributed by atoms with Crippen molar-refractivity contribution in [2.24, 2.45) is 11.8 Å². The van der Waals surface area contributed by atoms with Crippen molar-refractivity contribution in [3.05, 3.63) is 12.7 Å². The normalized spacial score (nSPS) is 34.9. The van der Waals surface area contributed by atoms with Crippen LogP contribution in [0.2, 0.25) is 0 Å². The molecule has 4 nitrogen and oxygen atoms in total. The highest BCUT2D eigenvalue weighted by atomic mass is 32.2. The fourth-order valence-corrected chi connectivity index (χ4v) is 5.54. The SMILES string of the molecule is C=CCOC(=O)C1CS(=O)(=O)C2CCCCC12. The van der Waals surface area contributed by atoms with Gasteiger partial charge in [0.25, 0.3) is 0 Å². The Hall–Kier alpha value is -0.840. The Morgan fingerprint density at radius 2 is 2.06 bits per heavy atom. The molecule has 17 heavy (non-hydrogen) atoms. The lowest BCUT2D eigenvalue weighted by Gasteiger charge is -2.26. The summed E-state index contributed by atoms with van der Waals surface area (Å²) in [4.78, 5) is 11.8. The van der Waals surface area contributed by atoms with E-state index >= 15 is 0 Å². The Morgan fingerprint density at radius 1 is 1.35 bits per heavy atom. The summed E-state index contributed by atoms with van der Waals surface area (Å²) in [6.45, 7) is 3.63. The topological polar surface area (TPSA) is 60.4 Å². The quantitative estimate of drug-likeness (QED) is 0.566. The van der Waals surface area contributed by atoms with Gasteiger partial charge in [0.2, 0.25) is 0 Å². The van der Waals surface area contributed by atoms with Crippen LogP contribution in [-0.2, 0) is 19.4 Å². The smallest absolute Gasteiger partial charge is 0.310 e. The zero-order chi connectivity index (χ0) is 12.5. The minimum Gasteiger partial charge on any atom is -0.461 e. The van der Waals surface area contributed by atoms with Gasteiger partial charge >= 0.3 is 5.97 Å². The van der Waals surface area contributed by atoms with Crippen molar-refractivity contribution in [3.63, 3.8) is 0 Å². The third-order valence-corrected chi connectivity index (χ3v) is 6.12. The molecule has 3 unspecified atom stereocenters. The second-order valence-corrected chi connectivity index (χ2v) is 7.11. The summed E-state index contributed by atoms with van der Waals surface area (Å²) < 4.78 is 28.9. The van der Waals surface area contributed by atoms with E-state index in [1.165, 1.54) is 6.08 Å². The van der Waals surface area contributed by atoms with Crippen LogP contribution in [0.5, 0.6) is 0 Å². The molecule has 0 amide bonds. The Kier molecular flexibility index (Phi) is 3.56. The van der Waals surface area contributed by atoms with Crippen LogP contribution in [-0.4, -0.2) is 32.0 Å². The number of rotatable bonds is 3. The molecule has 0 radical (unpaired) electrons. The molecule has 2 fully saturated rings. The zero-order valence-electron chi connectivity index (χ0n) is 9.80. The Labute approximate surface area is 102 Å². The largest absolute Gasteiger partial charge is 0.461 e. The monoisotopic (exact) mass is 258 g/mol. The van der Waals surface area contributed by atoms with Gasteiger partial charge in [-0.15, -0.1) is 0 Å². The first-order chi connectivity index (χ1) is 8.06. The first-order valence-electron chi connectivity index (χ1n) is 6.05. The van der Waals surface area contributed by atoms with Crippen LogP contribution in [0.4, 0.5) is 0 Å². The number of sulfone groups is 1. The molecule has 5 heteroatoms. The predicted octanol–water partition coefficient (Wildman–Crippen LogP) is 1.32. The average molecular weight is 258 g/mol. The molecule has 0 aromatic heterocycles. The summed E-state index contributed by atoms with van der Waals surface area (Å²) in [5, 5.41) is -0.308. The standard InChI is InChI=1S/C12H18O4S/c1-2-7-16-12(13)10-8-17(14,15)11-6-4-3-5-9(10)11/h2,9-11H,1,3-8H2. The lowest BCUT2D eigenvalue weighted by Crippen LogP contribution is -2.30. The maximum atomic E-state index is 12.0. The highest BCUT2D eigenvalue weighted by Crippen LogP contribution is 2.42. The highest BCUT2D eigenvalue weighted by Gasteiger charge is 2.51. The number of hydrogen-bond acceptors (Lipinski definition) is 4. The maximum Gasteiger partial charge on any atom is 0.310 e. The molecule has 1 aliphatic carbocycles. The molecule has 0 spiro atoms. The van der Waals surface area contributed by atoms with Gasteiger partial charge in [0.05, 0.1) is 16.9 Å². The van der Waals surface area contributed by atoms with Gasteiger partial charge in [-0.05, 0) is 18.8 Å². The highest BCUT2D eigenvalue weighted by molar-refractivity contribution is 7.92. The Bertz CT molecular complexity index is 412. The van der Waals surface area contributed by atoms with Gasteiger partial charge < -0.3 is 4.74 Å². The van der Waals surface area contributed by atoms with Gasteiger partial charge in [0, 0.05) is 0 Å². The lowest BCUT2D eigenvalue weighted by molar-refractivity contribution is -0.148. The molecule has 1 saturated heterocycles. The third-order valence-electron chi connectivity index (χ3n) is 3.79. The van der Waals surface area contributed by atoms with Crippen molar-refractivity contribution in [2.75, 3.05) is 12.4 Å². The van der Waals surface area contributed by atoms with Crippen LogP contribution in [0.25, 0.3) is 0 Å². The van der Waals surface area contributed by atoms with E-state index in [2.05, 4.69) is 6.58 Å². The van der Waals surface area contributed by atoms with E-state index in [9.17, 15) is 13.2 Å². The minimum absolute atomic E-state index is 0.0222. The number of hydrogen-bond donors (Lipinski definition) is 0. The molecule has 0 aromatic carbocycles. The molecular weight excluding hydrogens is 240 g/mol. The summed E-state index contributed by atoms with van der Waals surface area (Å²) in [6, 6.07) is 0. The van der Waals surface area contributed by atoms with Crippen molar-refractivity contribution in [3.8, 4) is 0 Å². The number of ether oxygens (including phenoxy) is 1. The summed E-state index contributed by atoms with van der Waals surface area (Å²) >= 11 is 0. The number of carbonyl (C=O) groups is 1. The lowest BCUT2D eigenvalue weighted by atomic mass is 9.81. The van der Waals surface area contributed by atoms with Gasteiger partial charge in [0.1, 0.15) is 6.61 Å². The van der Waals surface area contributed by atoms with Crippen LogP contribution < -0.4 is 0 Å². The van der Waals surface area contributed by atoms with Crippen molar-refractivity contribution >= 4 is 15.8 Å². The molecular formula is C12H18O4S. The summed E-state index contributed by atoms with van der Waals surface area (Å²) in [5.74, 6) is -0.877. The van der Waals surface area contributed by atoms with Gasteiger partial charge in [0.15, 0.2) is 9.84 Å². The van der Waals surface area contributed by atoms with Gasteiger partial charge in [-0.3, -0.25) is 4.79 Å². The average Bonchev–Trinajstić information content (AvgIpc) is 2.59. The summed E-state index contributed by atoms with van der Waals surface area (Å²) in [6.07, 6.45) is 5.01. The van der Waals surface area contributed by atoms with Crippen LogP contribution in [0.3, 0.4) is 0 Å². The van der Waals surface area contributed by atoms with Crippen molar-refractivity contribution in [1.82, 2.24) is 0 Å². The van der Waals surface area contributed by atoms with E-state index < -0.39 is 15.8 Å². The number of esters is 1. The van der Waals surface area contributed by atoms with E-state index in [4.69, 9.17) is 4.74 Å². The van der Waals surface area contributed by atoms with Crippen LogP contribution in [0.1, 0.15) is 25.7 Å². The molecule has 1 saturated carbocycles. The number of carbonyl (C=O) groups excluding carboxylic acids is 1. The van der Waals surface area contributed by atoms with Crippen molar-refractivity contribution in [1.29, 1.82) is 0 Å².